The Bertz CT molecular complexity index is 1440. The molecule has 5 rings (SSSR count). The van der Waals surface area contributed by atoms with Crippen molar-refractivity contribution in [1.82, 2.24) is 24.3 Å². The fourth-order valence-electron chi connectivity index (χ4n) is 4.77. The Morgan fingerprint density at radius 1 is 0.973 bits per heavy atom. The molecule has 0 unspecified atom stereocenters. The number of carbonyl (C=O) groups excluding carboxylic acids is 2. The number of rotatable bonds is 5. The van der Waals surface area contributed by atoms with Crippen molar-refractivity contribution < 1.29 is 14.3 Å². The molecule has 2 aromatic carbocycles. The van der Waals surface area contributed by atoms with E-state index in [0.717, 1.165) is 35.8 Å². The van der Waals surface area contributed by atoms with Crippen LogP contribution in [0.15, 0.2) is 60.8 Å². The van der Waals surface area contributed by atoms with Gasteiger partial charge in [0, 0.05) is 43.8 Å². The van der Waals surface area contributed by atoms with Crippen molar-refractivity contribution in [2.75, 3.05) is 38.6 Å². The van der Waals surface area contributed by atoms with Crippen molar-refractivity contribution in [1.29, 1.82) is 0 Å². The number of fused-ring (bicyclic) bond motifs is 1. The monoisotopic (exact) mass is 498 g/mol. The SMILES string of the molecule is COC(=O)c1cccc(NC(=O)N2CCN(Cc3nc4cccnc4n3-c3cc(C)cc(C)c3)CC2)c1. The molecule has 3 heterocycles. The predicted molar refractivity (Wildman–Crippen MR) is 142 cm³/mol. The van der Waals surface area contributed by atoms with Gasteiger partial charge in [-0.2, -0.15) is 0 Å². The third-order valence-corrected chi connectivity index (χ3v) is 6.51. The van der Waals surface area contributed by atoms with Crippen LogP contribution in [0.25, 0.3) is 16.9 Å². The van der Waals surface area contributed by atoms with Gasteiger partial charge in [-0.15, -0.1) is 0 Å². The molecule has 4 aromatic rings. The molecule has 9 nitrogen and oxygen atoms in total. The number of carbonyl (C=O) groups is 2. The normalized spacial score (nSPS) is 14.1. The molecule has 1 saturated heterocycles. The number of nitrogens with one attached hydrogen (secondary N) is 1. The van der Waals surface area contributed by atoms with Crippen molar-refractivity contribution >= 4 is 28.9 Å². The number of aromatic nitrogens is 3. The number of amides is 2. The van der Waals surface area contributed by atoms with Crippen LogP contribution < -0.4 is 5.32 Å². The molecule has 37 heavy (non-hydrogen) atoms. The molecule has 1 aliphatic rings. The van der Waals surface area contributed by atoms with Gasteiger partial charge in [0.25, 0.3) is 0 Å². The van der Waals surface area contributed by atoms with Crippen molar-refractivity contribution in [3.63, 3.8) is 0 Å². The van der Waals surface area contributed by atoms with Gasteiger partial charge in [0.1, 0.15) is 11.3 Å². The Balaban J connectivity index is 1.28. The molecule has 1 aliphatic heterocycles. The maximum absolute atomic E-state index is 12.9. The molecule has 0 aliphatic carbocycles. The van der Waals surface area contributed by atoms with Crippen LogP contribution in [-0.2, 0) is 11.3 Å². The van der Waals surface area contributed by atoms with E-state index >= 15 is 0 Å². The summed E-state index contributed by atoms with van der Waals surface area (Å²) in [7, 11) is 1.33. The Morgan fingerprint density at radius 3 is 2.46 bits per heavy atom. The molecule has 9 heteroatoms. The first kappa shape index (κ1) is 24.5. The number of esters is 1. The van der Waals surface area contributed by atoms with E-state index in [2.05, 4.69) is 51.8 Å². The Morgan fingerprint density at radius 2 is 1.73 bits per heavy atom. The largest absolute Gasteiger partial charge is 0.465 e. The number of pyridine rings is 1. The summed E-state index contributed by atoms with van der Waals surface area (Å²) in [5.41, 5.74) is 6.10. The molecule has 0 saturated carbocycles. The minimum atomic E-state index is -0.438. The number of hydrogen-bond donors (Lipinski definition) is 1. The first-order valence-corrected chi connectivity index (χ1v) is 12.3. The van der Waals surface area contributed by atoms with Gasteiger partial charge in [-0.3, -0.25) is 9.47 Å². The number of imidazole rings is 1. The fourth-order valence-corrected chi connectivity index (χ4v) is 4.77. The van der Waals surface area contributed by atoms with E-state index in [1.165, 1.54) is 18.2 Å². The molecule has 1 N–H and O–H groups in total. The molecule has 0 atom stereocenters. The summed E-state index contributed by atoms with van der Waals surface area (Å²) in [5.74, 6) is 0.489. The minimum Gasteiger partial charge on any atom is -0.465 e. The minimum absolute atomic E-state index is 0.187. The van der Waals surface area contributed by atoms with Crippen molar-refractivity contribution in [2.24, 2.45) is 0 Å². The van der Waals surface area contributed by atoms with Crippen LogP contribution in [0.3, 0.4) is 0 Å². The van der Waals surface area contributed by atoms with Crippen LogP contribution in [0.4, 0.5) is 10.5 Å². The van der Waals surface area contributed by atoms with E-state index in [1.807, 2.05) is 12.1 Å². The second-order valence-corrected chi connectivity index (χ2v) is 9.32. The molecule has 2 aromatic heterocycles. The first-order chi connectivity index (χ1) is 17.9. The zero-order valence-electron chi connectivity index (χ0n) is 21.3. The zero-order chi connectivity index (χ0) is 25.9. The molecule has 0 radical (unpaired) electrons. The summed E-state index contributed by atoms with van der Waals surface area (Å²) in [4.78, 5) is 38.3. The topological polar surface area (TPSA) is 92.6 Å². The number of urea groups is 1. The van der Waals surface area contributed by atoms with Crippen molar-refractivity contribution in [3.8, 4) is 5.69 Å². The van der Waals surface area contributed by atoms with Gasteiger partial charge in [-0.25, -0.2) is 19.6 Å². The highest BCUT2D eigenvalue weighted by Gasteiger charge is 2.24. The number of nitrogens with zero attached hydrogens (tertiary/aromatic N) is 5. The lowest BCUT2D eigenvalue weighted by Crippen LogP contribution is -2.49. The highest BCUT2D eigenvalue weighted by molar-refractivity contribution is 5.94. The van der Waals surface area contributed by atoms with E-state index in [9.17, 15) is 9.59 Å². The lowest BCUT2D eigenvalue weighted by atomic mass is 10.1. The number of benzene rings is 2. The van der Waals surface area contributed by atoms with Gasteiger partial charge >= 0.3 is 12.0 Å². The quantitative estimate of drug-likeness (QED) is 0.415. The third kappa shape index (κ3) is 5.31. The van der Waals surface area contributed by atoms with Crippen LogP contribution in [0, 0.1) is 13.8 Å². The second kappa shape index (κ2) is 10.4. The standard InChI is InChI=1S/C28H30N6O3/c1-19-14-20(2)16-23(15-19)34-25(31-24-8-5-9-29-26(24)34)18-32-10-12-33(13-11-32)28(36)30-22-7-4-6-21(17-22)27(35)37-3/h4-9,14-17H,10-13,18H2,1-3H3,(H,30,36). The van der Waals surface area contributed by atoms with Crippen molar-refractivity contribution in [3.05, 3.63) is 83.3 Å². The Hall–Kier alpha value is -4.24. The molecule has 190 valence electrons. The zero-order valence-corrected chi connectivity index (χ0v) is 21.3. The molecule has 2 amide bonds. The Labute approximate surface area is 215 Å². The molecular formula is C28H30N6O3. The second-order valence-electron chi connectivity index (χ2n) is 9.32. The summed E-state index contributed by atoms with van der Waals surface area (Å²) < 4.78 is 6.90. The van der Waals surface area contributed by atoms with Crippen LogP contribution >= 0.6 is 0 Å². The van der Waals surface area contributed by atoms with E-state index in [-0.39, 0.29) is 6.03 Å². The number of ether oxygens (including phenoxy) is 1. The predicted octanol–water partition coefficient (Wildman–Crippen LogP) is 4.17. The summed E-state index contributed by atoms with van der Waals surface area (Å²) in [6.07, 6.45) is 1.80. The van der Waals surface area contributed by atoms with Crippen LogP contribution in [-0.4, -0.2) is 69.6 Å². The molecule has 0 bridgehead atoms. The summed E-state index contributed by atoms with van der Waals surface area (Å²) in [6.45, 7) is 7.46. The number of aryl methyl sites for hydroxylation is 2. The fraction of sp³-hybridized carbons (Fsp3) is 0.286. The van der Waals surface area contributed by atoms with Gasteiger partial charge in [0.15, 0.2) is 5.65 Å². The van der Waals surface area contributed by atoms with E-state index in [0.29, 0.717) is 30.9 Å². The van der Waals surface area contributed by atoms with Gasteiger partial charge in [-0.05, 0) is 67.4 Å². The highest BCUT2D eigenvalue weighted by Crippen LogP contribution is 2.23. The number of hydrogen-bond acceptors (Lipinski definition) is 6. The lowest BCUT2D eigenvalue weighted by Gasteiger charge is -2.34. The third-order valence-electron chi connectivity index (χ3n) is 6.51. The van der Waals surface area contributed by atoms with E-state index in [4.69, 9.17) is 9.72 Å². The van der Waals surface area contributed by atoms with E-state index < -0.39 is 5.97 Å². The number of methoxy groups -OCH3 is 1. The number of piperazine rings is 1. The van der Waals surface area contributed by atoms with E-state index in [1.54, 1.807) is 35.4 Å². The van der Waals surface area contributed by atoms with Gasteiger partial charge in [0.2, 0.25) is 0 Å². The first-order valence-electron chi connectivity index (χ1n) is 12.3. The van der Waals surface area contributed by atoms with Crippen molar-refractivity contribution in [2.45, 2.75) is 20.4 Å². The molecule has 0 spiro atoms. The molecular weight excluding hydrogens is 468 g/mol. The van der Waals surface area contributed by atoms with Crippen LogP contribution in [0.2, 0.25) is 0 Å². The maximum atomic E-state index is 12.9. The summed E-state index contributed by atoms with van der Waals surface area (Å²) in [5, 5.41) is 2.89. The maximum Gasteiger partial charge on any atom is 0.337 e. The summed E-state index contributed by atoms with van der Waals surface area (Å²) in [6, 6.07) is 16.9. The van der Waals surface area contributed by atoms with Crippen LogP contribution in [0.5, 0.6) is 0 Å². The van der Waals surface area contributed by atoms with Gasteiger partial charge in [-0.1, -0.05) is 12.1 Å². The van der Waals surface area contributed by atoms with Gasteiger partial charge in [0.05, 0.1) is 19.2 Å². The molecule has 1 fully saturated rings. The van der Waals surface area contributed by atoms with Crippen LogP contribution in [0.1, 0.15) is 27.3 Å². The lowest BCUT2D eigenvalue weighted by molar-refractivity contribution is 0.0600. The Kier molecular flexibility index (Phi) is 6.87. The average molecular weight is 499 g/mol. The average Bonchev–Trinajstić information content (AvgIpc) is 3.26. The van der Waals surface area contributed by atoms with Gasteiger partial charge < -0.3 is 15.0 Å². The highest BCUT2D eigenvalue weighted by atomic mass is 16.5. The number of anilines is 1. The summed E-state index contributed by atoms with van der Waals surface area (Å²) >= 11 is 0. The smallest absolute Gasteiger partial charge is 0.337 e.